The largest absolute Gasteiger partial charge is 0.358 e. The number of benzene rings is 2. The summed E-state index contributed by atoms with van der Waals surface area (Å²) in [5, 5.41) is 13.7. The summed E-state index contributed by atoms with van der Waals surface area (Å²) < 4.78 is 1.86. The number of aromatic nitrogens is 2. The van der Waals surface area contributed by atoms with Gasteiger partial charge in [-0.1, -0.05) is 36.4 Å². The third-order valence-electron chi connectivity index (χ3n) is 3.81. The Hall–Kier alpha value is -2.40. The van der Waals surface area contributed by atoms with Gasteiger partial charge in [0.05, 0.1) is 6.20 Å². The second-order valence-corrected chi connectivity index (χ2v) is 5.62. The molecule has 4 nitrogen and oxygen atoms in total. The monoisotopic (exact) mass is 310 g/mol. The average Bonchev–Trinajstić information content (AvgIpc) is 2.85. The SMILES string of the molecule is Cc1c(CNC(=S)Nc2cccc3ccccc23)cnn1C. The van der Waals surface area contributed by atoms with Crippen LogP contribution in [0.2, 0.25) is 0 Å². The average molecular weight is 310 g/mol. The fourth-order valence-corrected chi connectivity index (χ4v) is 2.58. The molecule has 0 aliphatic rings. The van der Waals surface area contributed by atoms with E-state index >= 15 is 0 Å². The van der Waals surface area contributed by atoms with Crippen LogP contribution in [0, 0.1) is 6.92 Å². The lowest BCUT2D eigenvalue weighted by Crippen LogP contribution is -2.28. The van der Waals surface area contributed by atoms with Gasteiger partial charge in [-0.15, -0.1) is 0 Å². The maximum atomic E-state index is 5.40. The maximum Gasteiger partial charge on any atom is 0.171 e. The molecule has 1 heterocycles. The lowest BCUT2D eigenvalue weighted by molar-refractivity contribution is 0.736. The molecule has 0 saturated carbocycles. The minimum absolute atomic E-state index is 0.611. The highest BCUT2D eigenvalue weighted by molar-refractivity contribution is 7.80. The summed E-state index contributed by atoms with van der Waals surface area (Å²) in [5.74, 6) is 0. The van der Waals surface area contributed by atoms with Crippen LogP contribution in [0.25, 0.3) is 10.8 Å². The highest BCUT2D eigenvalue weighted by Gasteiger charge is 2.05. The summed E-state index contributed by atoms with van der Waals surface area (Å²) in [4.78, 5) is 0. The van der Waals surface area contributed by atoms with Gasteiger partial charge >= 0.3 is 0 Å². The Morgan fingerprint density at radius 3 is 2.73 bits per heavy atom. The topological polar surface area (TPSA) is 41.9 Å². The lowest BCUT2D eigenvalue weighted by Gasteiger charge is -2.12. The summed E-state index contributed by atoms with van der Waals surface area (Å²) >= 11 is 5.40. The molecule has 0 saturated heterocycles. The number of fused-ring (bicyclic) bond motifs is 1. The molecule has 0 unspecified atom stereocenters. The first-order valence-electron chi connectivity index (χ1n) is 7.15. The molecule has 0 fully saturated rings. The van der Waals surface area contributed by atoms with Gasteiger partial charge in [0.1, 0.15) is 0 Å². The van der Waals surface area contributed by atoms with Gasteiger partial charge in [0.15, 0.2) is 5.11 Å². The zero-order valence-electron chi connectivity index (χ0n) is 12.6. The molecule has 112 valence electrons. The van der Waals surface area contributed by atoms with Crippen LogP contribution in [0.4, 0.5) is 5.69 Å². The van der Waals surface area contributed by atoms with Gasteiger partial charge < -0.3 is 10.6 Å². The molecule has 0 amide bonds. The van der Waals surface area contributed by atoms with Crippen LogP contribution in [0.3, 0.4) is 0 Å². The number of aryl methyl sites for hydroxylation is 1. The number of hydrogen-bond donors (Lipinski definition) is 2. The van der Waals surface area contributed by atoms with Crippen LogP contribution in [0.1, 0.15) is 11.3 Å². The zero-order chi connectivity index (χ0) is 15.5. The predicted octanol–water partition coefficient (Wildman–Crippen LogP) is 3.37. The highest BCUT2D eigenvalue weighted by atomic mass is 32.1. The van der Waals surface area contributed by atoms with E-state index in [9.17, 15) is 0 Å². The van der Waals surface area contributed by atoms with E-state index in [4.69, 9.17) is 12.2 Å². The van der Waals surface area contributed by atoms with E-state index in [1.807, 2.05) is 49.1 Å². The van der Waals surface area contributed by atoms with Crippen molar-refractivity contribution in [1.82, 2.24) is 15.1 Å². The van der Waals surface area contributed by atoms with Crippen LogP contribution in [-0.2, 0) is 13.6 Å². The van der Waals surface area contributed by atoms with Gasteiger partial charge in [-0.25, -0.2) is 0 Å². The van der Waals surface area contributed by atoms with Crippen LogP contribution in [-0.4, -0.2) is 14.9 Å². The van der Waals surface area contributed by atoms with Gasteiger partial charge in [0.25, 0.3) is 0 Å². The van der Waals surface area contributed by atoms with Gasteiger partial charge in [-0.2, -0.15) is 5.10 Å². The molecule has 2 N–H and O–H groups in total. The molecule has 0 atom stereocenters. The van der Waals surface area contributed by atoms with Crippen LogP contribution in [0.5, 0.6) is 0 Å². The Bertz CT molecular complexity index is 817. The summed E-state index contributed by atoms with van der Waals surface area (Å²) in [7, 11) is 1.94. The van der Waals surface area contributed by atoms with E-state index in [0.717, 1.165) is 22.3 Å². The van der Waals surface area contributed by atoms with Crippen molar-refractivity contribution in [2.75, 3.05) is 5.32 Å². The summed E-state index contributed by atoms with van der Waals surface area (Å²) in [6.45, 7) is 2.71. The fourth-order valence-electron chi connectivity index (χ4n) is 2.39. The molecule has 3 rings (SSSR count). The number of rotatable bonds is 3. The molecule has 0 radical (unpaired) electrons. The van der Waals surface area contributed by atoms with Crippen molar-refractivity contribution < 1.29 is 0 Å². The van der Waals surface area contributed by atoms with Crippen molar-refractivity contribution in [3.05, 3.63) is 59.9 Å². The van der Waals surface area contributed by atoms with Crippen molar-refractivity contribution in [2.45, 2.75) is 13.5 Å². The molecule has 2 aromatic carbocycles. The number of anilines is 1. The third kappa shape index (κ3) is 2.94. The van der Waals surface area contributed by atoms with E-state index in [2.05, 4.69) is 33.9 Å². The number of nitrogens with zero attached hydrogens (tertiary/aromatic N) is 2. The molecule has 5 heteroatoms. The Kier molecular flexibility index (Phi) is 4.06. The van der Waals surface area contributed by atoms with Crippen molar-refractivity contribution in [2.24, 2.45) is 7.05 Å². The van der Waals surface area contributed by atoms with Crippen molar-refractivity contribution in [3.8, 4) is 0 Å². The number of nitrogens with one attached hydrogen (secondary N) is 2. The van der Waals surface area contributed by atoms with Gasteiger partial charge in [-0.3, -0.25) is 4.68 Å². The van der Waals surface area contributed by atoms with Crippen LogP contribution in [0.15, 0.2) is 48.7 Å². The second kappa shape index (κ2) is 6.15. The second-order valence-electron chi connectivity index (χ2n) is 5.21. The summed E-state index contributed by atoms with van der Waals surface area (Å²) in [6, 6.07) is 14.4. The van der Waals surface area contributed by atoms with E-state index < -0.39 is 0 Å². The van der Waals surface area contributed by atoms with Gasteiger partial charge in [0, 0.05) is 35.9 Å². The molecule has 0 aliphatic carbocycles. The zero-order valence-corrected chi connectivity index (χ0v) is 13.4. The molecular formula is C17H18N4S. The van der Waals surface area contributed by atoms with Crippen molar-refractivity contribution in [3.63, 3.8) is 0 Å². The molecule has 3 aromatic rings. The number of hydrogen-bond acceptors (Lipinski definition) is 2. The normalized spacial score (nSPS) is 10.6. The predicted molar refractivity (Wildman–Crippen MR) is 95.0 cm³/mol. The van der Waals surface area contributed by atoms with Crippen molar-refractivity contribution >= 4 is 33.8 Å². The van der Waals surface area contributed by atoms with Crippen LogP contribution >= 0.6 is 12.2 Å². The standard InChI is InChI=1S/C17H18N4S/c1-12-14(11-19-21(12)2)10-18-17(22)20-16-9-5-7-13-6-3-4-8-15(13)16/h3-9,11H,10H2,1-2H3,(H2,18,20,22). The Morgan fingerprint density at radius 2 is 1.95 bits per heavy atom. The first-order valence-corrected chi connectivity index (χ1v) is 7.56. The molecule has 0 bridgehead atoms. The Balaban J connectivity index is 1.70. The third-order valence-corrected chi connectivity index (χ3v) is 4.06. The molecule has 1 aromatic heterocycles. The molecular weight excluding hydrogens is 292 g/mol. The van der Waals surface area contributed by atoms with Crippen LogP contribution < -0.4 is 10.6 Å². The Labute approximate surface area is 135 Å². The summed E-state index contributed by atoms with van der Waals surface area (Å²) in [5.41, 5.74) is 3.29. The van der Waals surface area contributed by atoms with E-state index in [-0.39, 0.29) is 0 Å². The fraction of sp³-hybridized carbons (Fsp3) is 0.176. The number of thiocarbonyl (C=S) groups is 1. The van der Waals surface area contributed by atoms with Crippen molar-refractivity contribution in [1.29, 1.82) is 0 Å². The van der Waals surface area contributed by atoms with E-state index in [0.29, 0.717) is 11.7 Å². The first kappa shape index (κ1) is 14.5. The maximum absolute atomic E-state index is 5.40. The van der Waals surface area contributed by atoms with Gasteiger partial charge in [-0.05, 0) is 30.6 Å². The molecule has 0 aliphatic heterocycles. The molecule has 22 heavy (non-hydrogen) atoms. The minimum Gasteiger partial charge on any atom is -0.358 e. The molecule has 0 spiro atoms. The minimum atomic E-state index is 0.611. The van der Waals surface area contributed by atoms with E-state index in [1.165, 1.54) is 5.39 Å². The smallest absolute Gasteiger partial charge is 0.171 e. The van der Waals surface area contributed by atoms with E-state index in [1.54, 1.807) is 0 Å². The quantitative estimate of drug-likeness (QED) is 0.728. The lowest BCUT2D eigenvalue weighted by atomic mass is 10.1. The summed E-state index contributed by atoms with van der Waals surface area (Å²) in [6.07, 6.45) is 1.86. The Morgan fingerprint density at radius 1 is 1.18 bits per heavy atom. The first-order chi connectivity index (χ1) is 10.6. The highest BCUT2D eigenvalue weighted by Crippen LogP contribution is 2.22. The van der Waals surface area contributed by atoms with Gasteiger partial charge in [0.2, 0.25) is 0 Å².